The highest BCUT2D eigenvalue weighted by molar-refractivity contribution is 5.44. The molecule has 1 unspecified atom stereocenters. The molecular formula is C11H13F3N2. The average molecular weight is 230 g/mol. The van der Waals surface area contributed by atoms with Gasteiger partial charge in [0.15, 0.2) is 17.5 Å². The fourth-order valence-corrected chi connectivity index (χ4v) is 1.83. The van der Waals surface area contributed by atoms with Crippen LogP contribution in [0.1, 0.15) is 12.8 Å². The molecule has 2 rings (SSSR count). The van der Waals surface area contributed by atoms with Gasteiger partial charge in [0, 0.05) is 30.4 Å². The third-order valence-electron chi connectivity index (χ3n) is 2.70. The molecule has 1 heterocycles. The largest absolute Gasteiger partial charge is 0.383 e. The summed E-state index contributed by atoms with van der Waals surface area (Å²) in [6.07, 6.45) is 2.15. The van der Waals surface area contributed by atoms with E-state index in [1.54, 1.807) is 0 Å². The maximum Gasteiger partial charge on any atom is 0.194 e. The zero-order valence-corrected chi connectivity index (χ0v) is 8.69. The lowest BCUT2D eigenvalue weighted by molar-refractivity contribution is 0.447. The topological polar surface area (TPSA) is 24.1 Å². The Bertz CT molecular complexity index is 352. The Morgan fingerprint density at radius 3 is 2.50 bits per heavy atom. The molecule has 1 aromatic carbocycles. The van der Waals surface area contributed by atoms with Gasteiger partial charge in [-0.05, 0) is 19.4 Å². The standard InChI is InChI=1S/C11H13F3N2/c12-9-4-8(5-10(13)11(9)14)16-6-7-2-1-3-15-7/h4-5,7,15-16H,1-3,6H2. The second kappa shape index (κ2) is 4.74. The quantitative estimate of drug-likeness (QED) is 0.778. The van der Waals surface area contributed by atoms with Gasteiger partial charge in [-0.15, -0.1) is 0 Å². The number of rotatable bonds is 3. The van der Waals surface area contributed by atoms with E-state index in [0.717, 1.165) is 31.5 Å². The Morgan fingerprint density at radius 1 is 1.25 bits per heavy atom. The van der Waals surface area contributed by atoms with Crippen LogP contribution in [-0.2, 0) is 0 Å². The number of nitrogens with one attached hydrogen (secondary N) is 2. The first kappa shape index (κ1) is 11.3. The van der Waals surface area contributed by atoms with Gasteiger partial charge in [-0.2, -0.15) is 0 Å². The van der Waals surface area contributed by atoms with Crippen molar-refractivity contribution < 1.29 is 13.2 Å². The minimum Gasteiger partial charge on any atom is -0.383 e. The van der Waals surface area contributed by atoms with Gasteiger partial charge >= 0.3 is 0 Å². The van der Waals surface area contributed by atoms with Gasteiger partial charge < -0.3 is 10.6 Å². The van der Waals surface area contributed by atoms with Crippen LogP contribution in [0.5, 0.6) is 0 Å². The van der Waals surface area contributed by atoms with Crippen LogP contribution >= 0.6 is 0 Å². The first-order valence-corrected chi connectivity index (χ1v) is 5.28. The summed E-state index contributed by atoms with van der Waals surface area (Å²) in [6, 6.07) is 2.25. The van der Waals surface area contributed by atoms with E-state index in [4.69, 9.17) is 0 Å². The molecule has 2 nitrogen and oxygen atoms in total. The molecule has 1 aliphatic rings. The highest BCUT2D eigenvalue weighted by Gasteiger charge is 2.14. The van der Waals surface area contributed by atoms with Crippen molar-refractivity contribution in [3.8, 4) is 0 Å². The molecule has 88 valence electrons. The van der Waals surface area contributed by atoms with Crippen molar-refractivity contribution >= 4 is 5.69 Å². The minimum absolute atomic E-state index is 0.269. The van der Waals surface area contributed by atoms with Crippen molar-refractivity contribution in [3.05, 3.63) is 29.6 Å². The normalized spacial score (nSPS) is 20.1. The lowest BCUT2D eigenvalue weighted by Gasteiger charge is -2.12. The molecule has 1 aliphatic heterocycles. The Labute approximate surface area is 91.8 Å². The lowest BCUT2D eigenvalue weighted by Crippen LogP contribution is -2.29. The zero-order valence-electron chi connectivity index (χ0n) is 8.69. The monoisotopic (exact) mass is 230 g/mol. The highest BCUT2D eigenvalue weighted by atomic mass is 19.2. The van der Waals surface area contributed by atoms with Gasteiger partial charge in [0.2, 0.25) is 0 Å². The number of anilines is 1. The summed E-state index contributed by atoms with van der Waals surface area (Å²) >= 11 is 0. The second-order valence-corrected chi connectivity index (χ2v) is 3.93. The Kier molecular flexibility index (Phi) is 3.33. The fraction of sp³-hybridized carbons (Fsp3) is 0.455. The van der Waals surface area contributed by atoms with E-state index in [2.05, 4.69) is 10.6 Å². The molecule has 0 aromatic heterocycles. The fourth-order valence-electron chi connectivity index (χ4n) is 1.83. The van der Waals surface area contributed by atoms with Crippen molar-refractivity contribution in [1.82, 2.24) is 5.32 Å². The third kappa shape index (κ3) is 2.47. The first-order chi connectivity index (χ1) is 7.66. The molecule has 1 fully saturated rings. The van der Waals surface area contributed by atoms with Crippen LogP contribution in [-0.4, -0.2) is 19.1 Å². The van der Waals surface area contributed by atoms with Crippen molar-refractivity contribution in [2.24, 2.45) is 0 Å². The lowest BCUT2D eigenvalue weighted by atomic mass is 10.2. The van der Waals surface area contributed by atoms with E-state index in [-0.39, 0.29) is 5.69 Å². The van der Waals surface area contributed by atoms with Gasteiger partial charge in [-0.3, -0.25) is 0 Å². The molecule has 1 saturated heterocycles. The smallest absolute Gasteiger partial charge is 0.194 e. The predicted molar refractivity (Wildman–Crippen MR) is 55.8 cm³/mol. The van der Waals surface area contributed by atoms with Crippen LogP contribution in [0.25, 0.3) is 0 Å². The number of hydrogen-bond acceptors (Lipinski definition) is 2. The van der Waals surface area contributed by atoms with Crippen LogP contribution in [0.3, 0.4) is 0 Å². The summed E-state index contributed by atoms with van der Waals surface area (Å²) in [5, 5.41) is 6.13. The Balaban J connectivity index is 1.98. The van der Waals surface area contributed by atoms with Gasteiger partial charge in [0.05, 0.1) is 0 Å². The highest BCUT2D eigenvalue weighted by Crippen LogP contribution is 2.17. The SMILES string of the molecule is Fc1cc(NCC2CCCN2)cc(F)c1F. The molecule has 1 atom stereocenters. The summed E-state index contributed by atoms with van der Waals surface area (Å²) in [7, 11) is 0. The molecule has 0 saturated carbocycles. The van der Waals surface area contributed by atoms with Crippen molar-refractivity contribution in [2.45, 2.75) is 18.9 Å². The molecule has 1 aromatic rings. The average Bonchev–Trinajstić information content (AvgIpc) is 2.75. The van der Waals surface area contributed by atoms with E-state index < -0.39 is 17.5 Å². The van der Waals surface area contributed by atoms with E-state index in [0.29, 0.717) is 12.6 Å². The molecule has 16 heavy (non-hydrogen) atoms. The Hall–Kier alpha value is -1.23. The van der Waals surface area contributed by atoms with Gasteiger partial charge in [-0.1, -0.05) is 0 Å². The second-order valence-electron chi connectivity index (χ2n) is 3.93. The van der Waals surface area contributed by atoms with E-state index >= 15 is 0 Å². The molecular weight excluding hydrogens is 217 g/mol. The molecule has 0 radical (unpaired) electrons. The zero-order chi connectivity index (χ0) is 11.5. The molecule has 2 N–H and O–H groups in total. The molecule has 0 aliphatic carbocycles. The van der Waals surface area contributed by atoms with Crippen LogP contribution in [0.15, 0.2) is 12.1 Å². The minimum atomic E-state index is -1.43. The predicted octanol–water partition coefficient (Wildman–Crippen LogP) is 2.27. The van der Waals surface area contributed by atoms with Crippen molar-refractivity contribution in [1.29, 1.82) is 0 Å². The summed E-state index contributed by atoms with van der Waals surface area (Å²) in [4.78, 5) is 0. The number of hydrogen-bond donors (Lipinski definition) is 2. The van der Waals surface area contributed by atoms with Gasteiger partial charge in [-0.25, -0.2) is 13.2 Å². The summed E-state index contributed by atoms with van der Waals surface area (Å²) in [6.45, 7) is 1.56. The molecule has 0 spiro atoms. The molecule has 5 heteroatoms. The van der Waals surface area contributed by atoms with Gasteiger partial charge in [0.25, 0.3) is 0 Å². The van der Waals surface area contributed by atoms with Crippen LogP contribution < -0.4 is 10.6 Å². The van der Waals surface area contributed by atoms with Crippen molar-refractivity contribution in [2.75, 3.05) is 18.4 Å². The van der Waals surface area contributed by atoms with Crippen molar-refractivity contribution in [3.63, 3.8) is 0 Å². The van der Waals surface area contributed by atoms with E-state index in [1.807, 2.05) is 0 Å². The summed E-state index contributed by atoms with van der Waals surface area (Å²) in [5.74, 6) is -3.76. The van der Waals surface area contributed by atoms with Crippen LogP contribution in [0.2, 0.25) is 0 Å². The van der Waals surface area contributed by atoms with Crippen LogP contribution in [0.4, 0.5) is 18.9 Å². The molecule has 0 amide bonds. The summed E-state index contributed by atoms with van der Waals surface area (Å²) in [5.41, 5.74) is 0.269. The number of halogens is 3. The van der Waals surface area contributed by atoms with Crippen LogP contribution in [0, 0.1) is 17.5 Å². The maximum absolute atomic E-state index is 12.9. The molecule has 0 bridgehead atoms. The third-order valence-corrected chi connectivity index (χ3v) is 2.70. The first-order valence-electron chi connectivity index (χ1n) is 5.28. The van der Waals surface area contributed by atoms with Gasteiger partial charge in [0.1, 0.15) is 0 Å². The summed E-state index contributed by atoms with van der Waals surface area (Å²) < 4.78 is 38.4. The maximum atomic E-state index is 12.9. The van der Waals surface area contributed by atoms with E-state index in [9.17, 15) is 13.2 Å². The Morgan fingerprint density at radius 2 is 1.94 bits per heavy atom. The van der Waals surface area contributed by atoms with E-state index in [1.165, 1.54) is 0 Å². The number of benzene rings is 1.